The molecule has 23 heavy (non-hydrogen) atoms. The molecule has 0 atom stereocenters. The summed E-state index contributed by atoms with van der Waals surface area (Å²) in [5.74, 6) is 0. The number of anilines is 1. The normalized spacial score (nSPS) is 12.0. The average molecular weight is 343 g/mol. The highest BCUT2D eigenvalue weighted by Crippen LogP contribution is 2.30. The summed E-state index contributed by atoms with van der Waals surface area (Å²) in [7, 11) is -4.04. The van der Waals surface area contributed by atoms with E-state index >= 15 is 0 Å². The number of halogens is 3. The molecular formula is C14H12F3N3O2S. The maximum atomic E-state index is 12.5. The van der Waals surface area contributed by atoms with Crippen molar-refractivity contribution in [3.63, 3.8) is 0 Å². The van der Waals surface area contributed by atoms with Gasteiger partial charge in [-0.3, -0.25) is 4.72 Å². The summed E-state index contributed by atoms with van der Waals surface area (Å²) >= 11 is 0. The minimum atomic E-state index is -4.53. The smallest absolute Gasteiger partial charge is 0.279 e. The predicted octanol–water partition coefficient (Wildman–Crippen LogP) is 4.04. The highest BCUT2D eigenvalue weighted by molar-refractivity contribution is 7.92. The first-order valence-electron chi connectivity index (χ1n) is 6.35. The fourth-order valence-corrected chi connectivity index (χ4v) is 2.97. The van der Waals surface area contributed by atoms with Gasteiger partial charge in [-0.1, -0.05) is 18.2 Å². The number of hydrogen-bond donors (Lipinski definition) is 2. The van der Waals surface area contributed by atoms with Crippen molar-refractivity contribution in [3.8, 4) is 0 Å². The van der Waals surface area contributed by atoms with Gasteiger partial charge in [-0.15, -0.1) is 0 Å². The molecule has 0 aliphatic carbocycles. The van der Waals surface area contributed by atoms with Crippen LogP contribution in [0.5, 0.6) is 0 Å². The highest BCUT2D eigenvalue weighted by atomic mass is 32.2. The molecule has 0 bridgehead atoms. The minimum Gasteiger partial charge on any atom is -0.279 e. The van der Waals surface area contributed by atoms with E-state index in [0.717, 1.165) is 12.1 Å². The quantitative estimate of drug-likeness (QED) is 0.803. The van der Waals surface area contributed by atoms with Crippen LogP contribution in [0.15, 0.2) is 58.5 Å². The number of hydrogen-bond acceptors (Lipinski definition) is 4. The lowest BCUT2D eigenvalue weighted by Gasteiger charge is -2.12. The molecule has 0 fully saturated rings. The van der Waals surface area contributed by atoms with Gasteiger partial charge >= 0.3 is 6.18 Å². The van der Waals surface area contributed by atoms with Gasteiger partial charge in [0.25, 0.3) is 10.0 Å². The third kappa shape index (κ3) is 4.07. The van der Waals surface area contributed by atoms with Gasteiger partial charge in [0.05, 0.1) is 22.7 Å². The zero-order valence-corrected chi connectivity index (χ0v) is 12.4. The van der Waals surface area contributed by atoms with E-state index in [-0.39, 0.29) is 17.1 Å². The van der Waals surface area contributed by atoms with E-state index in [1.165, 1.54) is 6.07 Å². The molecule has 0 unspecified atom stereocenters. The van der Waals surface area contributed by atoms with Crippen LogP contribution in [-0.2, 0) is 22.7 Å². The second-order valence-electron chi connectivity index (χ2n) is 4.60. The average Bonchev–Trinajstić information content (AvgIpc) is 2.48. The Bertz CT molecular complexity index is 803. The monoisotopic (exact) mass is 343 g/mol. The summed E-state index contributed by atoms with van der Waals surface area (Å²) < 4.78 is 64.3. The SMILES string of the molecule is N=NCc1ccccc1NS(=O)(=O)c1ccc(C(F)(F)F)cc1. The van der Waals surface area contributed by atoms with Gasteiger partial charge in [-0.25, -0.2) is 13.9 Å². The van der Waals surface area contributed by atoms with Crippen molar-refractivity contribution in [2.45, 2.75) is 17.6 Å². The molecule has 0 radical (unpaired) electrons. The molecule has 5 nitrogen and oxygen atoms in total. The van der Waals surface area contributed by atoms with E-state index in [1.807, 2.05) is 0 Å². The Morgan fingerprint density at radius 3 is 2.22 bits per heavy atom. The summed E-state index contributed by atoms with van der Waals surface area (Å²) in [6, 6.07) is 9.55. The first-order chi connectivity index (χ1) is 10.7. The number of nitrogens with one attached hydrogen (secondary N) is 2. The standard InChI is InChI=1S/C14H12F3N3O2S/c15-14(16,17)11-5-7-12(8-6-11)23(21,22)20-13-4-2-1-3-10(13)9-19-18/h1-8,18,20H,9H2. The fourth-order valence-electron chi connectivity index (χ4n) is 1.87. The van der Waals surface area contributed by atoms with E-state index in [0.29, 0.717) is 17.7 Å². The first kappa shape index (κ1) is 16.9. The molecule has 122 valence electrons. The van der Waals surface area contributed by atoms with E-state index in [1.54, 1.807) is 18.2 Å². The maximum Gasteiger partial charge on any atom is 0.416 e. The molecule has 0 aliphatic heterocycles. The highest BCUT2D eigenvalue weighted by Gasteiger charge is 2.30. The van der Waals surface area contributed by atoms with Crippen molar-refractivity contribution in [1.29, 1.82) is 5.53 Å². The van der Waals surface area contributed by atoms with Gasteiger partial charge in [0.1, 0.15) is 0 Å². The van der Waals surface area contributed by atoms with Crippen LogP contribution in [0.4, 0.5) is 18.9 Å². The summed E-state index contributed by atoms with van der Waals surface area (Å²) in [5.41, 5.74) is 6.64. The van der Waals surface area contributed by atoms with Crippen molar-refractivity contribution >= 4 is 15.7 Å². The van der Waals surface area contributed by atoms with Crippen molar-refractivity contribution in [2.75, 3.05) is 4.72 Å². The third-order valence-corrected chi connectivity index (χ3v) is 4.38. The van der Waals surface area contributed by atoms with Crippen LogP contribution in [0, 0.1) is 5.53 Å². The summed E-state index contributed by atoms with van der Waals surface area (Å²) in [5, 5.41) is 3.20. The van der Waals surface area contributed by atoms with Gasteiger partial charge in [-0.05, 0) is 35.9 Å². The van der Waals surface area contributed by atoms with Gasteiger partial charge in [0.2, 0.25) is 0 Å². The largest absolute Gasteiger partial charge is 0.416 e. The molecule has 2 N–H and O–H groups in total. The van der Waals surface area contributed by atoms with Crippen LogP contribution in [0.2, 0.25) is 0 Å². The second-order valence-corrected chi connectivity index (χ2v) is 6.28. The van der Waals surface area contributed by atoms with Crippen molar-refractivity contribution in [3.05, 3.63) is 59.7 Å². The predicted molar refractivity (Wildman–Crippen MR) is 77.5 cm³/mol. The Hall–Kier alpha value is -2.42. The number of nitrogens with zero attached hydrogens (tertiary/aromatic N) is 1. The van der Waals surface area contributed by atoms with Gasteiger partial charge in [0.15, 0.2) is 0 Å². The third-order valence-electron chi connectivity index (χ3n) is 3.00. The van der Waals surface area contributed by atoms with Crippen LogP contribution >= 0.6 is 0 Å². The van der Waals surface area contributed by atoms with Crippen LogP contribution in [0.25, 0.3) is 0 Å². The Labute approximate surface area is 130 Å². The molecule has 2 aromatic rings. The summed E-state index contributed by atoms with van der Waals surface area (Å²) in [6.45, 7) is -0.00823. The van der Waals surface area contributed by atoms with E-state index < -0.39 is 21.8 Å². The lowest BCUT2D eigenvalue weighted by Crippen LogP contribution is -2.14. The zero-order valence-electron chi connectivity index (χ0n) is 11.6. The summed E-state index contributed by atoms with van der Waals surface area (Å²) in [6.07, 6.45) is -4.53. The zero-order chi connectivity index (χ0) is 17.1. The van der Waals surface area contributed by atoms with Gasteiger partial charge in [0, 0.05) is 0 Å². The molecule has 9 heteroatoms. The molecule has 0 spiro atoms. The van der Waals surface area contributed by atoms with E-state index in [2.05, 4.69) is 9.84 Å². The fraction of sp³-hybridized carbons (Fsp3) is 0.143. The van der Waals surface area contributed by atoms with Crippen LogP contribution in [0.3, 0.4) is 0 Å². The van der Waals surface area contributed by atoms with E-state index in [9.17, 15) is 21.6 Å². The number of alkyl halides is 3. The number of rotatable bonds is 5. The first-order valence-corrected chi connectivity index (χ1v) is 7.83. The Morgan fingerprint density at radius 1 is 1.04 bits per heavy atom. The number of benzene rings is 2. The maximum absolute atomic E-state index is 12.5. The van der Waals surface area contributed by atoms with Gasteiger partial charge < -0.3 is 0 Å². The second kappa shape index (κ2) is 6.37. The molecular weight excluding hydrogens is 331 g/mol. The molecule has 0 aliphatic rings. The molecule has 0 aromatic heterocycles. The van der Waals surface area contributed by atoms with Crippen molar-refractivity contribution < 1.29 is 21.6 Å². The van der Waals surface area contributed by atoms with Crippen molar-refractivity contribution in [1.82, 2.24) is 0 Å². The Balaban J connectivity index is 2.31. The lowest BCUT2D eigenvalue weighted by molar-refractivity contribution is -0.137. The molecule has 0 heterocycles. The molecule has 0 saturated carbocycles. The minimum absolute atomic E-state index is 0.00823. The van der Waals surface area contributed by atoms with Crippen molar-refractivity contribution in [2.24, 2.45) is 5.11 Å². The topological polar surface area (TPSA) is 82.4 Å². The molecule has 2 rings (SSSR count). The number of sulfonamides is 1. The Morgan fingerprint density at radius 2 is 1.65 bits per heavy atom. The summed E-state index contributed by atoms with van der Waals surface area (Å²) in [4.78, 5) is -0.289. The lowest BCUT2D eigenvalue weighted by atomic mass is 10.2. The van der Waals surface area contributed by atoms with Crippen LogP contribution in [0.1, 0.15) is 11.1 Å². The number of para-hydroxylation sites is 1. The van der Waals surface area contributed by atoms with Crippen LogP contribution in [-0.4, -0.2) is 8.42 Å². The van der Waals surface area contributed by atoms with Crippen LogP contribution < -0.4 is 4.72 Å². The van der Waals surface area contributed by atoms with Gasteiger partial charge in [-0.2, -0.15) is 18.3 Å². The Kier molecular flexibility index (Phi) is 4.69. The molecule has 2 aromatic carbocycles. The molecule has 0 amide bonds. The van der Waals surface area contributed by atoms with E-state index in [4.69, 9.17) is 5.53 Å². The molecule has 0 saturated heterocycles.